The highest BCUT2D eigenvalue weighted by Crippen LogP contribution is 2.23. The van der Waals surface area contributed by atoms with Crippen LogP contribution in [0.2, 0.25) is 0 Å². The van der Waals surface area contributed by atoms with Crippen LogP contribution in [0.1, 0.15) is 31.2 Å². The molecule has 4 heteroatoms. The van der Waals surface area contributed by atoms with Crippen molar-refractivity contribution in [1.82, 2.24) is 9.80 Å². The van der Waals surface area contributed by atoms with Gasteiger partial charge in [-0.25, -0.2) is 0 Å². The first-order chi connectivity index (χ1) is 13.2. The molecule has 0 unspecified atom stereocenters. The first kappa shape index (κ1) is 17.8. The Balaban J connectivity index is 1.36. The number of hydrogen-bond donors (Lipinski definition) is 0. The van der Waals surface area contributed by atoms with Gasteiger partial charge >= 0.3 is 0 Å². The Morgan fingerprint density at radius 3 is 2.33 bits per heavy atom. The SMILES string of the molecule is O=C(/C=C/c1cccc2ccccc12)N1CCC(C(=O)N2CCCC2)CC1. The third kappa shape index (κ3) is 3.90. The fourth-order valence-corrected chi connectivity index (χ4v) is 4.20. The van der Waals surface area contributed by atoms with Gasteiger partial charge in [-0.1, -0.05) is 42.5 Å². The molecule has 27 heavy (non-hydrogen) atoms. The smallest absolute Gasteiger partial charge is 0.246 e. The van der Waals surface area contributed by atoms with E-state index in [1.807, 2.05) is 40.1 Å². The van der Waals surface area contributed by atoms with Crippen LogP contribution in [0.25, 0.3) is 16.8 Å². The van der Waals surface area contributed by atoms with Gasteiger partial charge in [-0.05, 0) is 48.1 Å². The van der Waals surface area contributed by atoms with Gasteiger partial charge in [0.05, 0.1) is 0 Å². The Labute approximate surface area is 160 Å². The zero-order chi connectivity index (χ0) is 18.6. The van der Waals surface area contributed by atoms with Crippen molar-refractivity contribution in [1.29, 1.82) is 0 Å². The Hall–Kier alpha value is -2.62. The average molecular weight is 362 g/mol. The molecule has 140 valence electrons. The first-order valence-corrected chi connectivity index (χ1v) is 9.96. The number of fused-ring (bicyclic) bond motifs is 1. The van der Waals surface area contributed by atoms with Crippen molar-refractivity contribution in [3.05, 3.63) is 54.1 Å². The minimum Gasteiger partial charge on any atom is -0.342 e. The summed E-state index contributed by atoms with van der Waals surface area (Å²) >= 11 is 0. The number of hydrogen-bond acceptors (Lipinski definition) is 2. The fourth-order valence-electron chi connectivity index (χ4n) is 4.20. The molecule has 0 radical (unpaired) electrons. The number of carbonyl (C=O) groups excluding carboxylic acids is 2. The molecule has 2 fully saturated rings. The second-order valence-corrected chi connectivity index (χ2v) is 7.53. The molecule has 2 aliphatic rings. The minimum absolute atomic E-state index is 0.0370. The van der Waals surface area contributed by atoms with Gasteiger partial charge in [0.15, 0.2) is 0 Å². The van der Waals surface area contributed by atoms with Crippen LogP contribution in [0.3, 0.4) is 0 Å². The van der Waals surface area contributed by atoms with Gasteiger partial charge in [-0.2, -0.15) is 0 Å². The molecule has 2 aromatic rings. The maximum absolute atomic E-state index is 12.6. The van der Waals surface area contributed by atoms with Crippen LogP contribution < -0.4 is 0 Å². The number of benzene rings is 2. The van der Waals surface area contributed by atoms with E-state index in [9.17, 15) is 9.59 Å². The number of rotatable bonds is 3. The highest BCUT2D eigenvalue weighted by Gasteiger charge is 2.30. The fraction of sp³-hybridized carbons (Fsp3) is 0.391. The van der Waals surface area contributed by atoms with Crippen LogP contribution in [0.5, 0.6) is 0 Å². The van der Waals surface area contributed by atoms with Crippen molar-refractivity contribution >= 4 is 28.7 Å². The van der Waals surface area contributed by atoms with Crippen LogP contribution in [0, 0.1) is 5.92 Å². The van der Waals surface area contributed by atoms with Gasteiger partial charge in [0, 0.05) is 38.2 Å². The van der Waals surface area contributed by atoms with E-state index in [0.717, 1.165) is 49.7 Å². The summed E-state index contributed by atoms with van der Waals surface area (Å²) in [4.78, 5) is 29.0. The third-order valence-electron chi connectivity index (χ3n) is 5.80. The Morgan fingerprint density at radius 2 is 1.56 bits per heavy atom. The second kappa shape index (κ2) is 7.95. The molecule has 2 aliphatic heterocycles. The standard InChI is InChI=1S/C23H26N2O2/c26-22(11-10-19-8-5-7-18-6-1-2-9-21(18)19)24-16-12-20(13-17-24)23(27)25-14-3-4-15-25/h1-2,5-11,20H,3-4,12-17H2/b11-10+. The number of nitrogens with zero attached hydrogens (tertiary/aromatic N) is 2. The van der Waals surface area contributed by atoms with Gasteiger partial charge in [0.2, 0.25) is 11.8 Å². The van der Waals surface area contributed by atoms with Gasteiger partial charge in [0.1, 0.15) is 0 Å². The van der Waals surface area contributed by atoms with Gasteiger partial charge in [0.25, 0.3) is 0 Å². The van der Waals surface area contributed by atoms with Crippen molar-refractivity contribution in [3.63, 3.8) is 0 Å². The number of likely N-dealkylation sites (tertiary alicyclic amines) is 2. The van der Waals surface area contributed by atoms with Crippen LogP contribution in [-0.4, -0.2) is 47.8 Å². The highest BCUT2D eigenvalue weighted by molar-refractivity contribution is 5.96. The third-order valence-corrected chi connectivity index (χ3v) is 5.80. The van der Waals surface area contributed by atoms with Gasteiger partial charge in [-0.15, -0.1) is 0 Å². The molecule has 4 rings (SSSR count). The Morgan fingerprint density at radius 1 is 0.852 bits per heavy atom. The van der Waals surface area contributed by atoms with E-state index in [4.69, 9.17) is 0 Å². The van der Waals surface area contributed by atoms with Gasteiger partial charge in [-0.3, -0.25) is 9.59 Å². The summed E-state index contributed by atoms with van der Waals surface area (Å²) in [6.07, 6.45) is 7.40. The number of piperidine rings is 1. The predicted octanol–water partition coefficient (Wildman–Crippen LogP) is 3.71. The summed E-state index contributed by atoms with van der Waals surface area (Å²) in [6.45, 7) is 3.16. The molecule has 2 aromatic carbocycles. The lowest BCUT2D eigenvalue weighted by atomic mass is 9.95. The van der Waals surface area contributed by atoms with Gasteiger partial charge < -0.3 is 9.80 Å². The largest absolute Gasteiger partial charge is 0.342 e. The van der Waals surface area contributed by atoms with Crippen molar-refractivity contribution in [3.8, 4) is 0 Å². The zero-order valence-electron chi connectivity index (χ0n) is 15.6. The number of amides is 2. The zero-order valence-corrected chi connectivity index (χ0v) is 15.6. The molecule has 0 spiro atoms. The second-order valence-electron chi connectivity index (χ2n) is 7.53. The molecule has 2 amide bonds. The van der Waals surface area contributed by atoms with E-state index in [-0.39, 0.29) is 11.8 Å². The quantitative estimate of drug-likeness (QED) is 0.781. The molecule has 0 saturated carbocycles. The molecule has 0 aliphatic carbocycles. The van der Waals surface area contributed by atoms with Crippen LogP contribution in [-0.2, 0) is 9.59 Å². The van der Waals surface area contributed by atoms with Crippen LogP contribution >= 0.6 is 0 Å². The van der Waals surface area contributed by atoms with Crippen LogP contribution in [0.4, 0.5) is 0 Å². The van der Waals surface area contributed by atoms with E-state index in [1.54, 1.807) is 6.08 Å². The maximum atomic E-state index is 12.6. The first-order valence-electron chi connectivity index (χ1n) is 9.96. The predicted molar refractivity (Wildman–Crippen MR) is 108 cm³/mol. The normalized spacial score (nSPS) is 18.5. The average Bonchev–Trinajstić information content (AvgIpc) is 3.26. The molecule has 0 N–H and O–H groups in total. The summed E-state index contributed by atoms with van der Waals surface area (Å²) in [5.41, 5.74) is 1.06. The summed E-state index contributed by atoms with van der Waals surface area (Å²) < 4.78 is 0. The molecular weight excluding hydrogens is 336 g/mol. The molecule has 0 bridgehead atoms. The van der Waals surface area contributed by atoms with E-state index >= 15 is 0 Å². The molecule has 2 saturated heterocycles. The lowest BCUT2D eigenvalue weighted by Crippen LogP contribution is -2.43. The minimum atomic E-state index is 0.0370. The van der Waals surface area contributed by atoms with E-state index < -0.39 is 0 Å². The summed E-state index contributed by atoms with van der Waals surface area (Å²) in [5.74, 6) is 0.426. The van der Waals surface area contributed by atoms with E-state index in [0.29, 0.717) is 19.0 Å². The molecule has 2 heterocycles. The molecule has 0 atom stereocenters. The number of carbonyl (C=O) groups is 2. The summed E-state index contributed by atoms with van der Waals surface area (Å²) in [5, 5.41) is 2.33. The monoisotopic (exact) mass is 362 g/mol. The summed E-state index contributed by atoms with van der Waals surface area (Å²) in [7, 11) is 0. The molecular formula is C23H26N2O2. The summed E-state index contributed by atoms with van der Waals surface area (Å²) in [6, 6.07) is 14.3. The molecule has 4 nitrogen and oxygen atoms in total. The Bertz CT molecular complexity index is 854. The van der Waals surface area contributed by atoms with Crippen LogP contribution in [0.15, 0.2) is 48.5 Å². The Kier molecular flexibility index (Phi) is 5.23. The highest BCUT2D eigenvalue weighted by atomic mass is 16.2. The van der Waals surface area contributed by atoms with E-state index in [1.165, 1.54) is 5.39 Å². The topological polar surface area (TPSA) is 40.6 Å². The lowest BCUT2D eigenvalue weighted by molar-refractivity contribution is -0.138. The van der Waals surface area contributed by atoms with Crippen molar-refractivity contribution in [2.45, 2.75) is 25.7 Å². The maximum Gasteiger partial charge on any atom is 0.246 e. The lowest BCUT2D eigenvalue weighted by Gasteiger charge is -2.32. The van der Waals surface area contributed by atoms with Crippen molar-refractivity contribution in [2.75, 3.05) is 26.2 Å². The van der Waals surface area contributed by atoms with E-state index in [2.05, 4.69) is 18.2 Å². The molecule has 0 aromatic heterocycles. The van der Waals surface area contributed by atoms with Crippen molar-refractivity contribution in [2.24, 2.45) is 5.92 Å². The van der Waals surface area contributed by atoms with Crippen molar-refractivity contribution < 1.29 is 9.59 Å².